The summed E-state index contributed by atoms with van der Waals surface area (Å²) in [5, 5.41) is 6.29. The van der Waals surface area contributed by atoms with Gasteiger partial charge in [0.15, 0.2) is 0 Å². The van der Waals surface area contributed by atoms with E-state index in [1.807, 2.05) is 0 Å². The number of H-pyrrole nitrogens is 1. The van der Waals surface area contributed by atoms with Crippen LogP contribution in [0.15, 0.2) is 6.07 Å². The maximum atomic E-state index is 12.1. The molecule has 1 aliphatic heterocycles. The van der Waals surface area contributed by atoms with Gasteiger partial charge in [-0.2, -0.15) is 5.10 Å². The minimum absolute atomic E-state index is 0.187. The van der Waals surface area contributed by atoms with Crippen molar-refractivity contribution in [3.63, 3.8) is 0 Å². The Morgan fingerprint density at radius 3 is 3.00 bits per heavy atom. The Bertz CT molecular complexity index is 457. The van der Waals surface area contributed by atoms with E-state index < -0.39 is 0 Å². The van der Waals surface area contributed by atoms with E-state index >= 15 is 0 Å². The van der Waals surface area contributed by atoms with Gasteiger partial charge >= 0.3 is 5.97 Å². The summed E-state index contributed by atoms with van der Waals surface area (Å²) >= 11 is 0. The van der Waals surface area contributed by atoms with E-state index in [9.17, 15) is 9.59 Å². The Hall–Kier alpha value is -2.05. The summed E-state index contributed by atoms with van der Waals surface area (Å²) in [5.41, 5.74) is 5.80. The van der Waals surface area contributed by atoms with Crippen molar-refractivity contribution in [1.29, 1.82) is 0 Å². The van der Waals surface area contributed by atoms with E-state index in [0.29, 0.717) is 18.8 Å². The zero-order chi connectivity index (χ0) is 13.1. The lowest BCUT2D eigenvalue weighted by Crippen LogP contribution is -2.42. The van der Waals surface area contributed by atoms with Crippen LogP contribution in [0.2, 0.25) is 0 Å². The second-order valence-corrected chi connectivity index (χ2v) is 4.32. The van der Waals surface area contributed by atoms with E-state index in [0.717, 1.165) is 12.8 Å². The number of methoxy groups -OCH3 is 1. The molecule has 0 aliphatic carbocycles. The van der Waals surface area contributed by atoms with Gasteiger partial charge in [-0.15, -0.1) is 0 Å². The van der Waals surface area contributed by atoms with E-state index in [1.54, 1.807) is 4.90 Å². The van der Waals surface area contributed by atoms with Crippen LogP contribution in [-0.2, 0) is 9.53 Å². The highest BCUT2D eigenvalue weighted by molar-refractivity contribution is 5.93. The summed E-state index contributed by atoms with van der Waals surface area (Å²) < 4.78 is 4.71. The smallest absolute Gasteiger partial charge is 0.310 e. The standard InChI is InChI=1S/C11H16N4O3/c1-18-11(17)7-3-2-4-15(6-7)10(16)8-5-9(12)14-13-8/h5,7H,2-4,6H2,1H3,(H3,12,13,14). The molecule has 0 bridgehead atoms. The molecule has 98 valence electrons. The number of carbonyl (C=O) groups excluding carboxylic acids is 2. The Balaban J connectivity index is 2.05. The summed E-state index contributed by atoms with van der Waals surface area (Å²) in [6, 6.07) is 1.49. The van der Waals surface area contributed by atoms with Crippen molar-refractivity contribution >= 4 is 17.7 Å². The van der Waals surface area contributed by atoms with Gasteiger partial charge in [0.2, 0.25) is 0 Å². The van der Waals surface area contributed by atoms with Gasteiger partial charge in [-0.05, 0) is 12.8 Å². The highest BCUT2D eigenvalue weighted by atomic mass is 16.5. The number of likely N-dealkylation sites (tertiary alicyclic amines) is 1. The summed E-state index contributed by atoms with van der Waals surface area (Å²) in [6.45, 7) is 1.01. The van der Waals surface area contributed by atoms with Crippen LogP contribution in [0.3, 0.4) is 0 Å². The maximum Gasteiger partial charge on any atom is 0.310 e. The number of nitrogens with two attached hydrogens (primary N) is 1. The monoisotopic (exact) mass is 252 g/mol. The number of hydrogen-bond donors (Lipinski definition) is 2. The van der Waals surface area contributed by atoms with Gasteiger partial charge in [-0.1, -0.05) is 0 Å². The first-order chi connectivity index (χ1) is 8.61. The number of amides is 1. The summed E-state index contributed by atoms with van der Waals surface area (Å²) in [6.07, 6.45) is 1.54. The molecule has 1 aromatic rings. The SMILES string of the molecule is COC(=O)C1CCCN(C(=O)c2cc(N)n[nH]2)C1. The van der Waals surface area contributed by atoms with Crippen molar-refractivity contribution in [2.24, 2.45) is 5.92 Å². The van der Waals surface area contributed by atoms with Crippen LogP contribution < -0.4 is 5.73 Å². The molecular formula is C11H16N4O3. The second kappa shape index (κ2) is 5.07. The minimum Gasteiger partial charge on any atom is -0.469 e. The van der Waals surface area contributed by atoms with Crippen molar-refractivity contribution in [3.8, 4) is 0 Å². The molecule has 0 saturated carbocycles. The van der Waals surface area contributed by atoms with Gasteiger partial charge in [0, 0.05) is 19.2 Å². The van der Waals surface area contributed by atoms with E-state index in [4.69, 9.17) is 10.5 Å². The molecule has 1 saturated heterocycles. The summed E-state index contributed by atoms with van der Waals surface area (Å²) in [7, 11) is 1.36. The van der Waals surface area contributed by atoms with Gasteiger partial charge in [0.05, 0.1) is 13.0 Å². The van der Waals surface area contributed by atoms with Gasteiger partial charge in [-0.3, -0.25) is 14.7 Å². The Kier molecular flexibility index (Phi) is 3.50. The number of aromatic nitrogens is 2. The van der Waals surface area contributed by atoms with E-state index in [-0.39, 0.29) is 23.6 Å². The fraction of sp³-hybridized carbons (Fsp3) is 0.545. The number of aromatic amines is 1. The van der Waals surface area contributed by atoms with Crippen LogP contribution in [0.5, 0.6) is 0 Å². The molecule has 1 aliphatic rings. The second-order valence-electron chi connectivity index (χ2n) is 4.32. The average molecular weight is 252 g/mol. The number of nitrogen functional groups attached to an aromatic ring is 1. The van der Waals surface area contributed by atoms with Crippen molar-refractivity contribution in [2.75, 3.05) is 25.9 Å². The number of nitrogens with one attached hydrogen (secondary N) is 1. The molecular weight excluding hydrogens is 236 g/mol. The molecule has 1 unspecified atom stereocenters. The molecule has 0 aromatic carbocycles. The molecule has 0 radical (unpaired) electrons. The quantitative estimate of drug-likeness (QED) is 0.722. The number of esters is 1. The molecule has 7 nitrogen and oxygen atoms in total. The molecule has 7 heteroatoms. The number of carbonyl (C=O) groups is 2. The van der Waals surface area contributed by atoms with Gasteiger partial charge in [-0.25, -0.2) is 0 Å². The zero-order valence-corrected chi connectivity index (χ0v) is 10.2. The third kappa shape index (κ3) is 2.44. The Morgan fingerprint density at radius 1 is 1.61 bits per heavy atom. The highest BCUT2D eigenvalue weighted by Crippen LogP contribution is 2.19. The number of piperidine rings is 1. The molecule has 1 atom stereocenters. The van der Waals surface area contributed by atoms with Crippen LogP contribution in [0.25, 0.3) is 0 Å². The van der Waals surface area contributed by atoms with E-state index in [2.05, 4.69) is 10.2 Å². The largest absolute Gasteiger partial charge is 0.469 e. The predicted molar refractivity (Wildman–Crippen MR) is 63.6 cm³/mol. The van der Waals surface area contributed by atoms with Gasteiger partial charge in [0.25, 0.3) is 5.91 Å². The van der Waals surface area contributed by atoms with Crippen molar-refractivity contribution < 1.29 is 14.3 Å². The third-order valence-corrected chi connectivity index (χ3v) is 3.07. The average Bonchev–Trinajstić information content (AvgIpc) is 2.83. The maximum absolute atomic E-state index is 12.1. The molecule has 2 heterocycles. The fourth-order valence-corrected chi connectivity index (χ4v) is 2.14. The first-order valence-corrected chi connectivity index (χ1v) is 5.80. The molecule has 1 amide bonds. The molecule has 1 fully saturated rings. The van der Waals surface area contributed by atoms with Crippen LogP contribution in [0.4, 0.5) is 5.82 Å². The van der Waals surface area contributed by atoms with Crippen molar-refractivity contribution in [3.05, 3.63) is 11.8 Å². The van der Waals surface area contributed by atoms with Crippen LogP contribution >= 0.6 is 0 Å². The van der Waals surface area contributed by atoms with Gasteiger partial charge in [0.1, 0.15) is 11.5 Å². The first-order valence-electron chi connectivity index (χ1n) is 5.80. The molecule has 18 heavy (non-hydrogen) atoms. The van der Waals surface area contributed by atoms with Crippen molar-refractivity contribution in [1.82, 2.24) is 15.1 Å². The molecule has 2 rings (SSSR count). The Labute approximate surface area is 104 Å². The summed E-state index contributed by atoms with van der Waals surface area (Å²) in [5.74, 6) is -0.419. The fourth-order valence-electron chi connectivity index (χ4n) is 2.14. The molecule has 0 spiro atoms. The lowest BCUT2D eigenvalue weighted by atomic mass is 9.98. The number of ether oxygens (including phenoxy) is 1. The minimum atomic E-state index is -0.267. The van der Waals surface area contributed by atoms with Crippen LogP contribution in [0.1, 0.15) is 23.3 Å². The number of rotatable bonds is 2. The highest BCUT2D eigenvalue weighted by Gasteiger charge is 2.30. The van der Waals surface area contributed by atoms with Gasteiger partial charge < -0.3 is 15.4 Å². The summed E-state index contributed by atoms with van der Waals surface area (Å²) in [4.78, 5) is 25.2. The van der Waals surface area contributed by atoms with E-state index in [1.165, 1.54) is 13.2 Å². The number of hydrogen-bond acceptors (Lipinski definition) is 5. The third-order valence-electron chi connectivity index (χ3n) is 3.07. The Morgan fingerprint density at radius 2 is 2.39 bits per heavy atom. The van der Waals surface area contributed by atoms with Crippen LogP contribution in [0, 0.1) is 5.92 Å². The molecule has 1 aromatic heterocycles. The van der Waals surface area contributed by atoms with Crippen LogP contribution in [-0.4, -0.2) is 47.2 Å². The topological polar surface area (TPSA) is 101 Å². The zero-order valence-electron chi connectivity index (χ0n) is 10.2. The lowest BCUT2D eigenvalue weighted by Gasteiger charge is -2.30. The predicted octanol–water partition coefficient (Wildman–Crippen LogP) is 0.0171. The lowest BCUT2D eigenvalue weighted by molar-refractivity contribution is -0.146. The van der Waals surface area contributed by atoms with Crippen molar-refractivity contribution in [2.45, 2.75) is 12.8 Å². The number of anilines is 1. The number of nitrogens with zero attached hydrogens (tertiary/aromatic N) is 2. The molecule has 3 N–H and O–H groups in total. The normalized spacial score (nSPS) is 19.6. The first kappa shape index (κ1) is 12.4.